The summed E-state index contributed by atoms with van der Waals surface area (Å²) in [6.45, 7) is 15.4. The molecule has 264 valence electrons. The molecular formula is C37H68O8. The van der Waals surface area contributed by atoms with Gasteiger partial charge in [0.05, 0.1) is 23.7 Å². The first-order valence-corrected chi connectivity index (χ1v) is 18.3. The third-order valence-corrected chi connectivity index (χ3v) is 9.01. The summed E-state index contributed by atoms with van der Waals surface area (Å²) in [6, 6.07) is 0. The highest BCUT2D eigenvalue weighted by molar-refractivity contribution is 5.74. The molecule has 8 nitrogen and oxygen atoms in total. The van der Waals surface area contributed by atoms with Crippen LogP contribution in [0.3, 0.4) is 0 Å². The SMILES string of the molecule is CCCC[C@@H](CC)C(=O)OCC(COC(=O)[C@H](CC)CCCC)(COC(=O)[C@@H](CC)CCCC)COC(=O)[C@@H](CC)CCCC. The lowest BCUT2D eigenvalue weighted by molar-refractivity contribution is -0.176. The van der Waals surface area contributed by atoms with Crippen LogP contribution in [0.15, 0.2) is 0 Å². The lowest BCUT2D eigenvalue weighted by Crippen LogP contribution is -2.45. The summed E-state index contributed by atoms with van der Waals surface area (Å²) in [7, 11) is 0. The average Bonchev–Trinajstić information content (AvgIpc) is 3.05. The van der Waals surface area contributed by atoms with E-state index in [1.807, 2.05) is 27.7 Å². The van der Waals surface area contributed by atoms with Gasteiger partial charge in [0.25, 0.3) is 0 Å². The van der Waals surface area contributed by atoms with Gasteiger partial charge in [-0.05, 0) is 51.4 Å². The molecule has 0 unspecified atom stereocenters. The maximum atomic E-state index is 13.2. The zero-order valence-corrected chi connectivity index (χ0v) is 30.2. The van der Waals surface area contributed by atoms with Crippen LogP contribution in [0.1, 0.15) is 158 Å². The molecule has 0 aliphatic rings. The van der Waals surface area contributed by atoms with Crippen LogP contribution in [0.25, 0.3) is 0 Å². The van der Waals surface area contributed by atoms with E-state index in [1.165, 1.54) is 0 Å². The quantitative estimate of drug-likeness (QED) is 0.0616. The second-order valence-corrected chi connectivity index (χ2v) is 12.9. The Balaban J connectivity index is 6.32. The van der Waals surface area contributed by atoms with E-state index in [4.69, 9.17) is 18.9 Å². The molecule has 0 amide bonds. The van der Waals surface area contributed by atoms with Gasteiger partial charge in [0, 0.05) is 0 Å². The maximum Gasteiger partial charge on any atom is 0.308 e. The first-order valence-electron chi connectivity index (χ1n) is 18.3. The number of ether oxygens (including phenoxy) is 4. The van der Waals surface area contributed by atoms with E-state index in [9.17, 15) is 19.2 Å². The molecule has 45 heavy (non-hydrogen) atoms. The molecule has 0 fully saturated rings. The van der Waals surface area contributed by atoms with E-state index in [0.717, 1.165) is 77.0 Å². The highest BCUT2D eigenvalue weighted by Gasteiger charge is 2.40. The lowest BCUT2D eigenvalue weighted by atomic mass is 9.91. The Labute approximate surface area is 275 Å². The molecule has 0 aromatic carbocycles. The van der Waals surface area contributed by atoms with Gasteiger partial charge in [0.15, 0.2) is 0 Å². The number of unbranched alkanes of at least 4 members (excludes halogenated alkanes) is 4. The van der Waals surface area contributed by atoms with Crippen LogP contribution in [0.2, 0.25) is 0 Å². The molecule has 0 heterocycles. The van der Waals surface area contributed by atoms with Crippen LogP contribution < -0.4 is 0 Å². The topological polar surface area (TPSA) is 105 Å². The van der Waals surface area contributed by atoms with Crippen LogP contribution in [-0.4, -0.2) is 50.3 Å². The summed E-state index contributed by atoms with van der Waals surface area (Å²) in [5.41, 5.74) is -1.23. The molecule has 0 aromatic rings. The van der Waals surface area contributed by atoms with E-state index < -0.39 is 5.41 Å². The Morgan fingerprint density at radius 3 is 0.756 bits per heavy atom. The Morgan fingerprint density at radius 1 is 0.400 bits per heavy atom. The van der Waals surface area contributed by atoms with Gasteiger partial charge in [0.1, 0.15) is 31.8 Å². The molecule has 8 heteroatoms. The summed E-state index contributed by atoms with van der Waals surface area (Å²) in [5, 5.41) is 0. The van der Waals surface area contributed by atoms with Crippen molar-refractivity contribution in [2.75, 3.05) is 26.4 Å². The number of carbonyl (C=O) groups excluding carboxylic acids is 4. The van der Waals surface area contributed by atoms with Gasteiger partial charge in [-0.2, -0.15) is 0 Å². The van der Waals surface area contributed by atoms with Crippen molar-refractivity contribution in [3.63, 3.8) is 0 Å². The normalized spacial score (nSPS) is 14.2. The van der Waals surface area contributed by atoms with Gasteiger partial charge in [-0.25, -0.2) is 0 Å². The predicted octanol–water partition coefficient (Wildman–Crippen LogP) is 9.01. The van der Waals surface area contributed by atoms with Crippen molar-refractivity contribution < 1.29 is 38.1 Å². The fraction of sp³-hybridized carbons (Fsp3) is 0.892. The van der Waals surface area contributed by atoms with Crippen LogP contribution in [0.5, 0.6) is 0 Å². The minimum Gasteiger partial charge on any atom is -0.464 e. The summed E-state index contributed by atoms with van der Waals surface area (Å²) in [5.74, 6) is -2.38. The highest BCUT2D eigenvalue weighted by Crippen LogP contribution is 2.27. The fourth-order valence-electron chi connectivity index (χ4n) is 5.37. The van der Waals surface area contributed by atoms with Crippen molar-refractivity contribution in [2.24, 2.45) is 29.1 Å². The average molecular weight is 641 g/mol. The molecule has 0 saturated heterocycles. The second-order valence-electron chi connectivity index (χ2n) is 12.9. The van der Waals surface area contributed by atoms with Crippen LogP contribution in [-0.2, 0) is 38.1 Å². The molecule has 0 aromatic heterocycles. The van der Waals surface area contributed by atoms with Gasteiger partial charge in [-0.3, -0.25) is 19.2 Å². The van der Waals surface area contributed by atoms with Gasteiger partial charge >= 0.3 is 23.9 Å². The minimum atomic E-state index is -1.23. The highest BCUT2D eigenvalue weighted by atomic mass is 16.6. The van der Waals surface area contributed by atoms with Crippen molar-refractivity contribution in [3.8, 4) is 0 Å². The largest absolute Gasteiger partial charge is 0.464 e. The monoisotopic (exact) mass is 640 g/mol. The Morgan fingerprint density at radius 2 is 0.600 bits per heavy atom. The molecule has 0 saturated carbocycles. The van der Waals surface area contributed by atoms with Gasteiger partial charge in [-0.1, -0.05) is 107 Å². The van der Waals surface area contributed by atoms with Crippen molar-refractivity contribution in [3.05, 3.63) is 0 Å². The van der Waals surface area contributed by atoms with Crippen LogP contribution >= 0.6 is 0 Å². The van der Waals surface area contributed by atoms with E-state index in [1.54, 1.807) is 0 Å². The Bertz CT molecular complexity index is 677. The van der Waals surface area contributed by atoms with Crippen molar-refractivity contribution in [2.45, 2.75) is 158 Å². The second kappa shape index (κ2) is 26.0. The van der Waals surface area contributed by atoms with Crippen LogP contribution in [0, 0.1) is 29.1 Å². The summed E-state index contributed by atoms with van der Waals surface area (Å²) < 4.78 is 23.6. The predicted molar refractivity (Wildman–Crippen MR) is 179 cm³/mol. The summed E-state index contributed by atoms with van der Waals surface area (Å²) in [6.07, 6.45) is 13.0. The number of carbonyl (C=O) groups is 4. The molecule has 0 radical (unpaired) electrons. The summed E-state index contributed by atoms with van der Waals surface area (Å²) >= 11 is 0. The standard InChI is InChI=1S/C37H68O8/c1-9-17-21-29(13-5)33(38)42-25-37(26-43-34(39)30(14-6)22-18-10-2,27-44-35(40)31(15-7)23-19-11-3)28-45-36(41)32(16-8)24-20-12-4/h29-32H,9-28H2,1-8H3/t29-,30-,31+,32+. The molecule has 0 aliphatic carbocycles. The lowest BCUT2D eigenvalue weighted by Gasteiger charge is -2.33. The van der Waals surface area contributed by atoms with Gasteiger partial charge in [0.2, 0.25) is 0 Å². The molecule has 0 rings (SSSR count). The zero-order chi connectivity index (χ0) is 34.1. The number of esters is 4. The Hall–Kier alpha value is -2.12. The van der Waals surface area contributed by atoms with E-state index >= 15 is 0 Å². The molecule has 0 aliphatic heterocycles. The van der Waals surface area contributed by atoms with Crippen LogP contribution in [0.4, 0.5) is 0 Å². The molecule has 0 bridgehead atoms. The zero-order valence-electron chi connectivity index (χ0n) is 30.2. The number of hydrogen-bond donors (Lipinski definition) is 0. The van der Waals surface area contributed by atoms with Crippen molar-refractivity contribution in [1.29, 1.82) is 0 Å². The Kier molecular flexibility index (Phi) is 24.8. The number of rotatable bonds is 28. The summed E-state index contributed by atoms with van der Waals surface area (Å²) in [4.78, 5) is 52.9. The van der Waals surface area contributed by atoms with E-state index in [0.29, 0.717) is 25.7 Å². The first kappa shape index (κ1) is 42.9. The molecular weight excluding hydrogens is 572 g/mol. The third kappa shape index (κ3) is 17.4. The fourth-order valence-corrected chi connectivity index (χ4v) is 5.37. The smallest absolute Gasteiger partial charge is 0.308 e. The molecule has 0 spiro atoms. The molecule has 4 atom stereocenters. The minimum absolute atomic E-state index is 0.189. The number of hydrogen-bond acceptors (Lipinski definition) is 8. The first-order chi connectivity index (χ1) is 21.6. The maximum absolute atomic E-state index is 13.2. The van der Waals surface area contributed by atoms with Gasteiger partial charge < -0.3 is 18.9 Å². The molecule has 0 N–H and O–H groups in total. The van der Waals surface area contributed by atoms with Crippen molar-refractivity contribution >= 4 is 23.9 Å². The van der Waals surface area contributed by atoms with Crippen molar-refractivity contribution in [1.82, 2.24) is 0 Å². The third-order valence-electron chi connectivity index (χ3n) is 9.01. The van der Waals surface area contributed by atoms with E-state index in [2.05, 4.69) is 27.7 Å². The van der Waals surface area contributed by atoms with Gasteiger partial charge in [-0.15, -0.1) is 0 Å². The van der Waals surface area contributed by atoms with E-state index in [-0.39, 0.29) is 74.0 Å².